The monoisotopic (exact) mass is 386 g/mol. The highest BCUT2D eigenvalue weighted by Crippen LogP contribution is 2.24. The van der Waals surface area contributed by atoms with Gasteiger partial charge < -0.3 is 4.74 Å². The topological polar surface area (TPSA) is 63.3 Å². The molecule has 28 heavy (non-hydrogen) atoms. The van der Waals surface area contributed by atoms with E-state index in [9.17, 15) is 0 Å². The molecule has 2 heterocycles. The minimum atomic E-state index is 0.200. The third-order valence-corrected chi connectivity index (χ3v) is 5.10. The molecule has 0 fully saturated rings. The molecule has 2 aromatic heterocycles. The number of methoxy groups -OCH3 is 1. The summed E-state index contributed by atoms with van der Waals surface area (Å²) >= 11 is 1.51. The van der Waals surface area contributed by atoms with Gasteiger partial charge in [0.05, 0.1) is 12.8 Å². The second kappa shape index (κ2) is 8.02. The maximum absolute atomic E-state index is 8.38. The van der Waals surface area contributed by atoms with E-state index in [2.05, 4.69) is 32.1 Å². The van der Waals surface area contributed by atoms with Crippen molar-refractivity contribution in [2.45, 2.75) is 0 Å². The van der Waals surface area contributed by atoms with Gasteiger partial charge in [-0.3, -0.25) is 15.0 Å². The molecule has 6 heteroatoms. The number of thiazole rings is 1. The van der Waals surface area contributed by atoms with Gasteiger partial charge in [0.2, 0.25) is 0 Å². The van der Waals surface area contributed by atoms with Crippen molar-refractivity contribution in [3.63, 3.8) is 0 Å². The summed E-state index contributed by atoms with van der Waals surface area (Å²) in [5.74, 6) is 0.995. The molecule has 2 aromatic carbocycles. The normalized spacial score (nSPS) is 11.4. The molecule has 1 N–H and O–H groups in total. The van der Waals surface area contributed by atoms with Crippen LogP contribution < -0.4 is 9.54 Å². The Hall–Kier alpha value is -3.51. The largest absolute Gasteiger partial charge is 0.497 e. The zero-order chi connectivity index (χ0) is 19.3. The Morgan fingerprint density at radius 2 is 1.71 bits per heavy atom. The zero-order valence-corrected chi connectivity index (χ0v) is 16.1. The molecule has 0 spiro atoms. The lowest BCUT2D eigenvalue weighted by Gasteiger charge is -2.10. The lowest BCUT2D eigenvalue weighted by atomic mass is 10.1. The van der Waals surface area contributed by atoms with E-state index in [0.717, 1.165) is 33.1 Å². The molecule has 0 aliphatic rings. The number of nitrogens with one attached hydrogen (secondary N) is 1. The number of benzene rings is 2. The minimum absolute atomic E-state index is 0.200. The summed E-state index contributed by atoms with van der Waals surface area (Å²) in [7, 11) is 1.65. The molecule has 4 aromatic rings. The van der Waals surface area contributed by atoms with E-state index in [-0.39, 0.29) is 5.84 Å². The number of nitrogens with zero attached hydrogens (tertiary/aromatic N) is 3. The minimum Gasteiger partial charge on any atom is -0.497 e. The lowest BCUT2D eigenvalue weighted by Crippen LogP contribution is -2.16. The lowest BCUT2D eigenvalue weighted by molar-refractivity contribution is 0.414. The van der Waals surface area contributed by atoms with Crippen LogP contribution in [-0.4, -0.2) is 22.5 Å². The molecule has 0 radical (unpaired) electrons. The second-order valence-electron chi connectivity index (χ2n) is 6.00. The smallest absolute Gasteiger partial charge is 0.196 e. The summed E-state index contributed by atoms with van der Waals surface area (Å²) in [5.41, 5.74) is 3.80. The average molecular weight is 386 g/mol. The second-order valence-corrected chi connectivity index (χ2v) is 6.84. The van der Waals surface area contributed by atoms with Gasteiger partial charge in [-0.1, -0.05) is 30.3 Å². The maximum Gasteiger partial charge on any atom is 0.196 e. The number of rotatable bonds is 4. The van der Waals surface area contributed by atoms with E-state index >= 15 is 0 Å². The van der Waals surface area contributed by atoms with E-state index in [0.29, 0.717) is 0 Å². The van der Waals surface area contributed by atoms with Crippen molar-refractivity contribution in [1.29, 1.82) is 5.41 Å². The number of aromatic nitrogens is 2. The fraction of sp³-hybridized carbons (Fsp3) is 0.0455. The van der Waals surface area contributed by atoms with Gasteiger partial charge in [0.25, 0.3) is 0 Å². The van der Waals surface area contributed by atoms with Gasteiger partial charge in [-0.2, -0.15) is 0 Å². The molecule has 4 rings (SSSR count). The van der Waals surface area contributed by atoms with Gasteiger partial charge in [0.15, 0.2) is 10.6 Å². The highest BCUT2D eigenvalue weighted by molar-refractivity contribution is 7.07. The molecule has 0 saturated heterocycles. The molecule has 0 atom stereocenters. The standard InChI is InChI=1S/C22H18N4OS/c1-27-19-9-7-18(8-10-19)26-20(16-5-3-2-4-6-16)15-28-22(26)25-21(23)17-11-13-24-14-12-17/h2-15,23H,1H3. The van der Waals surface area contributed by atoms with Gasteiger partial charge in [-0.05, 0) is 42.0 Å². The first kappa shape index (κ1) is 17.9. The fourth-order valence-electron chi connectivity index (χ4n) is 2.85. The van der Waals surface area contributed by atoms with Crippen LogP contribution in [0.1, 0.15) is 5.56 Å². The van der Waals surface area contributed by atoms with Crippen LogP contribution in [0.4, 0.5) is 0 Å². The Bertz CT molecular complexity index is 1150. The van der Waals surface area contributed by atoms with Crippen LogP contribution in [-0.2, 0) is 0 Å². The number of ether oxygens (including phenoxy) is 1. The van der Waals surface area contributed by atoms with Crippen molar-refractivity contribution in [2.75, 3.05) is 7.11 Å². The fourth-order valence-corrected chi connectivity index (χ4v) is 3.76. The zero-order valence-electron chi connectivity index (χ0n) is 15.2. The van der Waals surface area contributed by atoms with Crippen LogP contribution in [0, 0.1) is 5.41 Å². The van der Waals surface area contributed by atoms with Crippen molar-refractivity contribution in [3.05, 3.63) is 94.9 Å². The maximum atomic E-state index is 8.38. The van der Waals surface area contributed by atoms with E-state index in [1.54, 1.807) is 31.6 Å². The molecule has 0 aliphatic carbocycles. The SMILES string of the molecule is COc1ccc(-n2c(-c3ccccc3)csc2=NC(=N)c2ccncc2)cc1. The number of amidine groups is 1. The third kappa shape index (κ3) is 3.63. The van der Waals surface area contributed by atoms with E-state index in [1.807, 2.05) is 42.5 Å². The van der Waals surface area contributed by atoms with Crippen LogP contribution in [0.15, 0.2) is 89.5 Å². The number of pyridine rings is 1. The summed E-state index contributed by atoms with van der Waals surface area (Å²) < 4.78 is 7.35. The Kier molecular flexibility index (Phi) is 5.12. The third-order valence-electron chi connectivity index (χ3n) is 4.27. The molecule has 0 unspecified atom stereocenters. The Morgan fingerprint density at radius 3 is 2.39 bits per heavy atom. The molecule has 0 aliphatic heterocycles. The van der Waals surface area contributed by atoms with E-state index in [4.69, 9.17) is 10.1 Å². The molecular formula is C22H18N4OS. The molecule has 0 saturated carbocycles. The summed E-state index contributed by atoms with van der Waals surface area (Å²) in [6.45, 7) is 0. The molecule has 138 valence electrons. The summed E-state index contributed by atoms with van der Waals surface area (Å²) in [6, 6.07) is 21.6. The highest BCUT2D eigenvalue weighted by atomic mass is 32.1. The van der Waals surface area contributed by atoms with Gasteiger partial charge in [0, 0.05) is 29.0 Å². The van der Waals surface area contributed by atoms with Crippen LogP contribution in [0.25, 0.3) is 16.9 Å². The number of hydrogen-bond acceptors (Lipinski definition) is 4. The van der Waals surface area contributed by atoms with E-state index in [1.165, 1.54) is 11.3 Å². The summed E-state index contributed by atoms with van der Waals surface area (Å²) in [4.78, 5) is 9.34. The van der Waals surface area contributed by atoms with Crippen LogP contribution in [0.3, 0.4) is 0 Å². The summed E-state index contributed by atoms with van der Waals surface area (Å²) in [5, 5.41) is 10.5. The Labute approximate surface area is 166 Å². The molecule has 0 bridgehead atoms. The van der Waals surface area contributed by atoms with Crippen molar-refractivity contribution in [3.8, 4) is 22.7 Å². The van der Waals surface area contributed by atoms with Crippen LogP contribution in [0.5, 0.6) is 5.75 Å². The van der Waals surface area contributed by atoms with Gasteiger partial charge in [-0.25, -0.2) is 4.99 Å². The van der Waals surface area contributed by atoms with Crippen LogP contribution >= 0.6 is 11.3 Å². The first-order chi connectivity index (χ1) is 13.8. The quantitative estimate of drug-likeness (QED) is 0.413. The first-order valence-corrected chi connectivity index (χ1v) is 9.58. The van der Waals surface area contributed by atoms with Gasteiger partial charge in [0.1, 0.15) is 5.75 Å². The van der Waals surface area contributed by atoms with Crippen molar-refractivity contribution < 1.29 is 4.74 Å². The van der Waals surface area contributed by atoms with Crippen molar-refractivity contribution >= 4 is 17.2 Å². The van der Waals surface area contributed by atoms with Gasteiger partial charge >= 0.3 is 0 Å². The molecule has 0 amide bonds. The van der Waals surface area contributed by atoms with Gasteiger partial charge in [-0.15, -0.1) is 11.3 Å². The van der Waals surface area contributed by atoms with Crippen molar-refractivity contribution in [2.24, 2.45) is 4.99 Å². The summed E-state index contributed by atoms with van der Waals surface area (Å²) in [6.07, 6.45) is 3.33. The molecular weight excluding hydrogens is 368 g/mol. The van der Waals surface area contributed by atoms with Crippen LogP contribution in [0.2, 0.25) is 0 Å². The predicted molar refractivity (Wildman–Crippen MR) is 112 cm³/mol. The van der Waals surface area contributed by atoms with Crippen molar-refractivity contribution in [1.82, 2.24) is 9.55 Å². The average Bonchev–Trinajstić information content (AvgIpc) is 3.18. The first-order valence-electron chi connectivity index (χ1n) is 8.70. The van der Waals surface area contributed by atoms with E-state index < -0.39 is 0 Å². The predicted octanol–water partition coefficient (Wildman–Crippen LogP) is 4.54. The highest BCUT2D eigenvalue weighted by Gasteiger charge is 2.11. The number of hydrogen-bond donors (Lipinski definition) is 1. The Morgan fingerprint density at radius 1 is 1.00 bits per heavy atom. The Balaban J connectivity index is 1.88. The molecule has 5 nitrogen and oxygen atoms in total.